The molecule has 0 radical (unpaired) electrons. The lowest BCUT2D eigenvalue weighted by molar-refractivity contribution is -0.145. The largest absolute Gasteiger partial charge is 0.466 e. The van der Waals surface area contributed by atoms with Crippen molar-refractivity contribution in [2.24, 2.45) is 11.8 Å². The Morgan fingerprint density at radius 2 is 1.90 bits per heavy atom. The average Bonchev–Trinajstić information content (AvgIpc) is 3.28. The highest BCUT2D eigenvalue weighted by atomic mass is 19.1. The molecule has 4 atom stereocenters. The maximum atomic E-state index is 14.7. The van der Waals surface area contributed by atoms with Crippen molar-refractivity contribution in [2.75, 3.05) is 26.2 Å². The number of halogens is 1. The predicted octanol–water partition coefficient (Wildman–Crippen LogP) is 5.60. The minimum absolute atomic E-state index is 0.0323. The Morgan fingerprint density at radius 1 is 1.15 bits per heavy atom. The van der Waals surface area contributed by atoms with E-state index >= 15 is 0 Å². The van der Waals surface area contributed by atoms with Gasteiger partial charge >= 0.3 is 5.97 Å². The zero-order valence-corrected chi connectivity index (χ0v) is 25.0. The topological polar surface area (TPSA) is 87.7 Å². The highest BCUT2D eigenvalue weighted by Gasteiger charge is 2.35. The van der Waals surface area contributed by atoms with Gasteiger partial charge in [-0.3, -0.25) is 14.4 Å². The normalized spacial score (nSPS) is 21.8. The third-order valence-electron chi connectivity index (χ3n) is 7.95. The molecule has 4 rings (SSSR count). The van der Waals surface area contributed by atoms with Crippen LogP contribution in [0.5, 0.6) is 0 Å². The van der Waals surface area contributed by atoms with Crippen molar-refractivity contribution in [3.05, 3.63) is 22.9 Å². The lowest BCUT2D eigenvalue weighted by atomic mass is 9.81. The maximum absolute atomic E-state index is 14.7. The predicted molar refractivity (Wildman–Crippen MR) is 154 cm³/mol. The second-order valence-corrected chi connectivity index (χ2v) is 10.9. The van der Waals surface area contributed by atoms with E-state index in [0.29, 0.717) is 19.4 Å². The van der Waals surface area contributed by atoms with Crippen LogP contribution in [-0.4, -0.2) is 61.1 Å². The van der Waals surface area contributed by atoms with Gasteiger partial charge in [-0.05, 0) is 75.5 Å². The number of dihydropyridines is 1. The number of rotatable bonds is 13. The third-order valence-corrected chi connectivity index (χ3v) is 7.95. The van der Waals surface area contributed by atoms with Crippen LogP contribution in [0.2, 0.25) is 0 Å². The van der Waals surface area contributed by atoms with E-state index in [0.717, 1.165) is 51.5 Å². The first kappa shape index (κ1) is 32.8. The van der Waals surface area contributed by atoms with E-state index in [1.807, 2.05) is 27.7 Å². The van der Waals surface area contributed by atoms with Crippen molar-refractivity contribution in [3.63, 3.8) is 0 Å². The van der Waals surface area contributed by atoms with Crippen molar-refractivity contribution in [1.82, 2.24) is 15.5 Å². The van der Waals surface area contributed by atoms with Crippen LogP contribution in [0.15, 0.2) is 22.9 Å². The highest BCUT2D eigenvalue weighted by molar-refractivity contribution is 5.86. The Kier molecular flexibility index (Phi) is 14.6. The van der Waals surface area contributed by atoms with E-state index in [1.165, 1.54) is 23.3 Å². The summed E-state index contributed by atoms with van der Waals surface area (Å²) in [5.41, 5.74) is 4.11. The van der Waals surface area contributed by atoms with E-state index in [9.17, 15) is 18.8 Å². The molecule has 222 valence electrons. The second-order valence-electron chi connectivity index (χ2n) is 10.9. The Morgan fingerprint density at radius 3 is 2.59 bits per heavy atom. The monoisotopic (exact) mass is 549 g/mol. The van der Waals surface area contributed by atoms with Gasteiger partial charge in [0, 0.05) is 36.7 Å². The van der Waals surface area contributed by atoms with Gasteiger partial charge in [0.1, 0.15) is 6.17 Å². The van der Waals surface area contributed by atoms with Crippen molar-refractivity contribution in [1.29, 1.82) is 0 Å². The van der Waals surface area contributed by atoms with Gasteiger partial charge in [0.15, 0.2) is 0 Å². The van der Waals surface area contributed by atoms with Crippen molar-refractivity contribution < 1.29 is 23.5 Å². The minimum Gasteiger partial charge on any atom is -0.466 e. The number of hydrogen-bond acceptors (Lipinski definition) is 5. The first-order valence-electron chi connectivity index (χ1n) is 15.4. The SMILES string of the molecule is CC.CCCN(CC(=O)NC(CC(=O)OCC)C1CCCCC1F)C(=O)C(C)CCC1=C2CCCC(=C1)NC2. The molecule has 2 bridgehead atoms. The fraction of sp³-hybridized carbons (Fsp3) is 0.774. The summed E-state index contributed by atoms with van der Waals surface area (Å²) in [6.07, 6.45) is 9.63. The van der Waals surface area contributed by atoms with Crippen molar-refractivity contribution in [3.8, 4) is 0 Å². The lowest BCUT2D eigenvalue weighted by Gasteiger charge is -2.34. The number of hydrogen-bond donors (Lipinski definition) is 2. The molecule has 1 saturated carbocycles. The Labute approximate surface area is 235 Å². The molecule has 1 saturated heterocycles. The van der Waals surface area contributed by atoms with Gasteiger partial charge in [0.05, 0.1) is 19.6 Å². The van der Waals surface area contributed by atoms with Crippen LogP contribution in [0.1, 0.15) is 105 Å². The number of nitrogens with zero attached hydrogens (tertiary/aromatic N) is 1. The highest BCUT2D eigenvalue weighted by Crippen LogP contribution is 2.31. The molecule has 0 aromatic carbocycles. The summed E-state index contributed by atoms with van der Waals surface area (Å²) in [7, 11) is 0. The molecule has 2 fully saturated rings. The number of amides is 2. The zero-order chi connectivity index (χ0) is 28.8. The number of nitrogens with one attached hydrogen (secondary N) is 2. The summed E-state index contributed by atoms with van der Waals surface area (Å²) in [5, 5.41) is 6.37. The van der Waals surface area contributed by atoms with Gasteiger partial charge in [0.25, 0.3) is 0 Å². The number of ether oxygens (including phenoxy) is 1. The number of fused-ring (bicyclic) bond motifs is 4. The molecule has 0 aromatic heterocycles. The lowest BCUT2D eigenvalue weighted by Crippen LogP contribution is -2.50. The average molecular weight is 550 g/mol. The molecular formula is C31H52FN3O4. The molecule has 2 N–H and O–H groups in total. The van der Waals surface area contributed by atoms with Crippen LogP contribution in [0.4, 0.5) is 4.39 Å². The van der Waals surface area contributed by atoms with Crippen molar-refractivity contribution in [2.45, 2.75) is 117 Å². The van der Waals surface area contributed by atoms with Gasteiger partial charge in [-0.1, -0.05) is 40.5 Å². The van der Waals surface area contributed by atoms with Crippen LogP contribution >= 0.6 is 0 Å². The van der Waals surface area contributed by atoms with Gasteiger partial charge in [0.2, 0.25) is 11.8 Å². The van der Waals surface area contributed by atoms with Crippen LogP contribution in [0.25, 0.3) is 0 Å². The van der Waals surface area contributed by atoms with Gasteiger partial charge in [-0.2, -0.15) is 0 Å². The summed E-state index contributed by atoms with van der Waals surface area (Å²) >= 11 is 0. The smallest absolute Gasteiger partial charge is 0.307 e. The molecule has 2 heterocycles. The summed E-state index contributed by atoms with van der Waals surface area (Å²) < 4.78 is 19.8. The first-order chi connectivity index (χ1) is 18.8. The molecule has 7 nitrogen and oxygen atoms in total. The third kappa shape index (κ3) is 10.3. The molecule has 0 spiro atoms. The molecule has 2 amide bonds. The fourth-order valence-corrected chi connectivity index (χ4v) is 5.89. The molecule has 2 aliphatic heterocycles. The molecule has 8 heteroatoms. The summed E-state index contributed by atoms with van der Waals surface area (Å²) in [6.45, 7) is 11.2. The van der Waals surface area contributed by atoms with Crippen LogP contribution in [-0.2, 0) is 19.1 Å². The number of carbonyl (C=O) groups excluding carboxylic acids is 3. The molecular weight excluding hydrogens is 497 g/mol. The quantitative estimate of drug-likeness (QED) is 0.292. The fourth-order valence-electron chi connectivity index (χ4n) is 5.89. The Balaban J connectivity index is 0.00000260. The molecule has 2 aliphatic carbocycles. The van der Waals surface area contributed by atoms with Crippen LogP contribution < -0.4 is 10.6 Å². The van der Waals surface area contributed by atoms with E-state index < -0.39 is 24.1 Å². The first-order valence-corrected chi connectivity index (χ1v) is 15.4. The number of allylic oxidation sites excluding steroid dienone is 3. The molecule has 39 heavy (non-hydrogen) atoms. The van der Waals surface area contributed by atoms with Crippen LogP contribution in [0, 0.1) is 11.8 Å². The van der Waals surface area contributed by atoms with E-state index in [-0.39, 0.29) is 37.3 Å². The molecule has 0 aromatic rings. The van der Waals surface area contributed by atoms with Crippen molar-refractivity contribution >= 4 is 17.8 Å². The van der Waals surface area contributed by atoms with E-state index in [4.69, 9.17) is 4.74 Å². The van der Waals surface area contributed by atoms with Crippen LogP contribution in [0.3, 0.4) is 0 Å². The zero-order valence-electron chi connectivity index (χ0n) is 25.0. The van der Waals surface area contributed by atoms with E-state index in [1.54, 1.807) is 11.8 Å². The van der Waals surface area contributed by atoms with Gasteiger partial charge < -0.3 is 20.3 Å². The second kappa shape index (κ2) is 17.3. The Bertz CT molecular complexity index is 864. The standard InChI is InChI=1S/C29H46FN3O4.C2H6/c1-4-15-33(29(36)20(3)13-14-21-16-23-10-8-9-22(21)18-31-23)19-27(34)32-26(17-28(35)37-5-2)24-11-6-7-12-25(24)30;1-2/h16,20,24-26,31H,4-15,17-19H2,1-3H3,(H,32,34);1-2H3. The minimum atomic E-state index is -1.05. The molecule has 4 aliphatic rings. The summed E-state index contributed by atoms with van der Waals surface area (Å²) in [5.74, 6) is -1.43. The van der Waals surface area contributed by atoms with Gasteiger partial charge in [-0.25, -0.2) is 4.39 Å². The number of carbonyl (C=O) groups is 3. The number of esters is 1. The number of alkyl halides is 1. The summed E-state index contributed by atoms with van der Waals surface area (Å²) in [6, 6.07) is -0.626. The van der Waals surface area contributed by atoms with Gasteiger partial charge in [-0.15, -0.1) is 0 Å². The maximum Gasteiger partial charge on any atom is 0.307 e. The Hall–Kier alpha value is -2.38. The van der Waals surface area contributed by atoms with E-state index in [2.05, 4.69) is 16.7 Å². The summed E-state index contributed by atoms with van der Waals surface area (Å²) in [4.78, 5) is 40.2. The molecule has 4 unspecified atom stereocenters.